The normalized spacial score (nSPS) is 14.8. The monoisotopic (exact) mass is 195 g/mol. The van der Waals surface area contributed by atoms with Crippen LogP contribution in [0.2, 0.25) is 0 Å². The second-order valence-corrected chi connectivity index (χ2v) is 3.14. The Hall–Kier alpha value is -1.46. The van der Waals surface area contributed by atoms with Gasteiger partial charge < -0.3 is 16.6 Å². The topological polar surface area (TPSA) is 102 Å². The number of nitrogens with zero attached hydrogens (tertiary/aromatic N) is 1. The average Bonchev–Trinajstić information content (AvgIpc) is 2.16. The molecule has 0 aliphatic carbocycles. The van der Waals surface area contributed by atoms with Gasteiger partial charge in [-0.2, -0.15) is 0 Å². The van der Waals surface area contributed by atoms with Gasteiger partial charge in [-0.3, -0.25) is 9.78 Å². The van der Waals surface area contributed by atoms with E-state index in [0.717, 1.165) is 0 Å². The molecular formula is C9H13N3O2. The Morgan fingerprint density at radius 1 is 1.57 bits per heavy atom. The minimum Gasteiger partial charge on any atom is -0.391 e. The van der Waals surface area contributed by atoms with Crippen LogP contribution in [0, 0.1) is 0 Å². The molecule has 1 aromatic heterocycles. The summed E-state index contributed by atoms with van der Waals surface area (Å²) in [6.07, 6.45) is 2.17. The van der Waals surface area contributed by atoms with Gasteiger partial charge in [0.25, 0.3) is 0 Å². The summed E-state index contributed by atoms with van der Waals surface area (Å²) in [7, 11) is 0. The van der Waals surface area contributed by atoms with Crippen molar-refractivity contribution in [3.63, 3.8) is 0 Å². The molecule has 5 N–H and O–H groups in total. The third-order valence-electron chi connectivity index (χ3n) is 1.95. The molecule has 0 bridgehead atoms. The number of primary amides is 1. The van der Waals surface area contributed by atoms with E-state index in [1.165, 1.54) is 18.5 Å². The molecule has 14 heavy (non-hydrogen) atoms. The number of hydrogen-bond acceptors (Lipinski definition) is 4. The van der Waals surface area contributed by atoms with Crippen molar-refractivity contribution in [3.8, 4) is 0 Å². The maximum absolute atomic E-state index is 10.8. The summed E-state index contributed by atoms with van der Waals surface area (Å²) < 4.78 is 0. The molecule has 5 heteroatoms. The minimum atomic E-state index is -0.695. The standard InChI is InChI=1S/C9H13N3O2/c1-5(13)8(10)6-2-7(9(11)14)4-12-3-6/h2-5,8,13H,10H2,1H3,(H2,11,14)/t5-,8-/m0/s1. The van der Waals surface area contributed by atoms with Crippen LogP contribution in [0.4, 0.5) is 0 Å². The largest absolute Gasteiger partial charge is 0.391 e. The highest BCUT2D eigenvalue weighted by Gasteiger charge is 2.13. The summed E-state index contributed by atoms with van der Waals surface area (Å²) >= 11 is 0. The van der Waals surface area contributed by atoms with Crippen LogP contribution >= 0.6 is 0 Å². The molecule has 0 aliphatic heterocycles. The molecule has 1 heterocycles. The molecule has 0 spiro atoms. The lowest BCUT2D eigenvalue weighted by Crippen LogP contribution is -2.24. The van der Waals surface area contributed by atoms with Crippen LogP contribution in [0.25, 0.3) is 0 Å². The van der Waals surface area contributed by atoms with Crippen LogP contribution < -0.4 is 11.5 Å². The van der Waals surface area contributed by atoms with Gasteiger partial charge in [0.15, 0.2) is 0 Å². The SMILES string of the molecule is C[C@H](O)[C@H](N)c1cncc(C(N)=O)c1. The lowest BCUT2D eigenvalue weighted by atomic mass is 10.0. The first-order valence-electron chi connectivity index (χ1n) is 4.20. The number of amides is 1. The van der Waals surface area contributed by atoms with Gasteiger partial charge in [-0.1, -0.05) is 0 Å². The molecule has 1 rings (SSSR count). The molecule has 0 aliphatic rings. The van der Waals surface area contributed by atoms with Gasteiger partial charge in [0, 0.05) is 12.4 Å². The fourth-order valence-electron chi connectivity index (χ4n) is 1.05. The molecule has 5 nitrogen and oxygen atoms in total. The summed E-state index contributed by atoms with van der Waals surface area (Å²) in [4.78, 5) is 14.6. The fourth-order valence-corrected chi connectivity index (χ4v) is 1.05. The number of rotatable bonds is 3. The molecule has 0 aromatic carbocycles. The van der Waals surface area contributed by atoms with E-state index in [1.54, 1.807) is 6.92 Å². The van der Waals surface area contributed by atoms with Crippen LogP contribution in [0.1, 0.15) is 28.9 Å². The highest BCUT2D eigenvalue weighted by Crippen LogP contribution is 2.13. The maximum Gasteiger partial charge on any atom is 0.250 e. The van der Waals surface area contributed by atoms with Gasteiger partial charge in [-0.15, -0.1) is 0 Å². The highest BCUT2D eigenvalue weighted by atomic mass is 16.3. The van der Waals surface area contributed by atoms with Crippen molar-refractivity contribution in [3.05, 3.63) is 29.6 Å². The lowest BCUT2D eigenvalue weighted by molar-refractivity contribution is 0.0999. The Kier molecular flexibility index (Phi) is 3.16. The first-order chi connectivity index (χ1) is 6.52. The quantitative estimate of drug-likeness (QED) is 0.608. The fraction of sp³-hybridized carbons (Fsp3) is 0.333. The number of carbonyl (C=O) groups is 1. The average molecular weight is 195 g/mol. The van der Waals surface area contributed by atoms with E-state index in [9.17, 15) is 9.90 Å². The predicted octanol–water partition coefficient (Wildman–Crippen LogP) is -0.439. The van der Waals surface area contributed by atoms with E-state index in [4.69, 9.17) is 11.5 Å². The summed E-state index contributed by atoms with van der Waals surface area (Å²) in [5.74, 6) is -0.558. The van der Waals surface area contributed by atoms with Crippen LogP contribution in [0.3, 0.4) is 0 Å². The molecule has 0 saturated carbocycles. The van der Waals surface area contributed by atoms with E-state index in [-0.39, 0.29) is 0 Å². The summed E-state index contributed by atoms with van der Waals surface area (Å²) in [6, 6.07) is 0.981. The van der Waals surface area contributed by atoms with Crippen LogP contribution in [0.5, 0.6) is 0 Å². The molecule has 0 saturated heterocycles. The molecule has 0 fully saturated rings. The smallest absolute Gasteiger partial charge is 0.250 e. The first-order valence-corrected chi connectivity index (χ1v) is 4.20. The molecule has 1 amide bonds. The van der Waals surface area contributed by atoms with Crippen molar-refractivity contribution < 1.29 is 9.90 Å². The zero-order valence-electron chi connectivity index (χ0n) is 7.84. The van der Waals surface area contributed by atoms with E-state index in [0.29, 0.717) is 11.1 Å². The number of aromatic nitrogens is 1. The molecule has 1 aromatic rings. The molecule has 0 radical (unpaired) electrons. The summed E-state index contributed by atoms with van der Waals surface area (Å²) in [5.41, 5.74) is 11.6. The van der Waals surface area contributed by atoms with E-state index >= 15 is 0 Å². The first kappa shape index (κ1) is 10.6. The Morgan fingerprint density at radius 3 is 2.71 bits per heavy atom. The van der Waals surface area contributed by atoms with Crippen LogP contribution in [-0.4, -0.2) is 22.1 Å². The second-order valence-electron chi connectivity index (χ2n) is 3.14. The third-order valence-corrected chi connectivity index (χ3v) is 1.95. The number of aliphatic hydroxyl groups is 1. The number of pyridine rings is 1. The summed E-state index contributed by atoms with van der Waals surface area (Å²) in [6.45, 7) is 1.57. The van der Waals surface area contributed by atoms with Crippen molar-refractivity contribution in [1.82, 2.24) is 4.98 Å². The van der Waals surface area contributed by atoms with Crippen molar-refractivity contribution in [2.45, 2.75) is 19.1 Å². The Labute approximate surface area is 81.7 Å². The number of hydrogen-bond donors (Lipinski definition) is 3. The number of aliphatic hydroxyl groups excluding tert-OH is 1. The predicted molar refractivity (Wildman–Crippen MR) is 51.4 cm³/mol. The van der Waals surface area contributed by atoms with Gasteiger partial charge in [0.05, 0.1) is 17.7 Å². The Morgan fingerprint density at radius 2 is 2.21 bits per heavy atom. The number of carbonyl (C=O) groups excluding carboxylic acids is 1. The number of nitrogens with two attached hydrogens (primary N) is 2. The van der Waals surface area contributed by atoms with Gasteiger partial charge in [0.2, 0.25) is 5.91 Å². The van der Waals surface area contributed by atoms with Crippen LogP contribution in [-0.2, 0) is 0 Å². The van der Waals surface area contributed by atoms with Crippen molar-refractivity contribution >= 4 is 5.91 Å². The Bertz CT molecular complexity index is 339. The Balaban J connectivity index is 2.99. The van der Waals surface area contributed by atoms with Gasteiger partial charge in [0.1, 0.15) is 0 Å². The molecule has 0 unspecified atom stereocenters. The minimum absolute atomic E-state index is 0.290. The van der Waals surface area contributed by atoms with Crippen LogP contribution in [0.15, 0.2) is 18.5 Å². The zero-order valence-corrected chi connectivity index (χ0v) is 7.84. The van der Waals surface area contributed by atoms with Crippen molar-refractivity contribution in [2.24, 2.45) is 11.5 Å². The third kappa shape index (κ3) is 2.27. The molecule has 76 valence electrons. The molecular weight excluding hydrogens is 182 g/mol. The van der Waals surface area contributed by atoms with Crippen molar-refractivity contribution in [1.29, 1.82) is 0 Å². The van der Waals surface area contributed by atoms with Gasteiger partial charge >= 0.3 is 0 Å². The van der Waals surface area contributed by atoms with Gasteiger partial charge in [-0.05, 0) is 18.6 Å². The summed E-state index contributed by atoms with van der Waals surface area (Å²) in [5, 5.41) is 9.23. The zero-order chi connectivity index (χ0) is 10.7. The van der Waals surface area contributed by atoms with Gasteiger partial charge in [-0.25, -0.2) is 0 Å². The van der Waals surface area contributed by atoms with E-state index in [1.807, 2.05) is 0 Å². The second kappa shape index (κ2) is 4.17. The van der Waals surface area contributed by atoms with Crippen molar-refractivity contribution in [2.75, 3.05) is 0 Å². The highest BCUT2D eigenvalue weighted by molar-refractivity contribution is 5.92. The van der Waals surface area contributed by atoms with E-state index < -0.39 is 18.1 Å². The maximum atomic E-state index is 10.8. The van der Waals surface area contributed by atoms with E-state index in [2.05, 4.69) is 4.98 Å². The molecule has 2 atom stereocenters. The lowest BCUT2D eigenvalue weighted by Gasteiger charge is -2.14.